The SMILES string of the molecule is CC(=O)Nc1cc(C(=O)Nc2ccnn2Cc2cccc(C)c2)ccc1F. The predicted octanol–water partition coefficient (Wildman–Crippen LogP) is 3.59. The van der Waals surface area contributed by atoms with Gasteiger partial charge in [0, 0.05) is 18.6 Å². The maximum atomic E-state index is 13.7. The molecule has 0 spiro atoms. The number of hydrogen-bond acceptors (Lipinski definition) is 3. The van der Waals surface area contributed by atoms with Crippen molar-refractivity contribution in [1.82, 2.24) is 9.78 Å². The van der Waals surface area contributed by atoms with Crippen LogP contribution in [-0.4, -0.2) is 21.6 Å². The lowest BCUT2D eigenvalue weighted by Gasteiger charge is -2.11. The van der Waals surface area contributed by atoms with Crippen LogP contribution in [0.1, 0.15) is 28.4 Å². The normalized spacial score (nSPS) is 10.5. The monoisotopic (exact) mass is 366 g/mol. The zero-order chi connectivity index (χ0) is 19.4. The molecule has 0 atom stereocenters. The van der Waals surface area contributed by atoms with Crippen LogP contribution >= 0.6 is 0 Å². The van der Waals surface area contributed by atoms with E-state index in [0.717, 1.165) is 17.2 Å². The van der Waals surface area contributed by atoms with Gasteiger partial charge in [-0.2, -0.15) is 5.10 Å². The molecule has 6 nitrogen and oxygen atoms in total. The first-order valence-electron chi connectivity index (χ1n) is 8.38. The highest BCUT2D eigenvalue weighted by atomic mass is 19.1. The molecule has 0 aliphatic heterocycles. The molecule has 0 saturated carbocycles. The first-order chi connectivity index (χ1) is 12.9. The molecule has 0 radical (unpaired) electrons. The molecule has 2 N–H and O–H groups in total. The lowest BCUT2D eigenvalue weighted by atomic mass is 10.1. The largest absolute Gasteiger partial charge is 0.324 e. The summed E-state index contributed by atoms with van der Waals surface area (Å²) < 4.78 is 15.4. The summed E-state index contributed by atoms with van der Waals surface area (Å²) in [5.41, 5.74) is 2.39. The Balaban J connectivity index is 1.77. The van der Waals surface area contributed by atoms with Gasteiger partial charge in [-0.05, 0) is 30.7 Å². The standard InChI is InChI=1S/C20H19FN4O2/c1-13-4-3-5-15(10-13)12-25-19(8-9-22-25)24-20(27)16-6-7-17(21)18(11-16)23-14(2)26/h3-11H,12H2,1-2H3,(H,23,26)(H,24,27). The van der Waals surface area contributed by atoms with Crippen LogP contribution < -0.4 is 10.6 Å². The summed E-state index contributed by atoms with van der Waals surface area (Å²) in [6.07, 6.45) is 1.60. The predicted molar refractivity (Wildman–Crippen MR) is 101 cm³/mol. The summed E-state index contributed by atoms with van der Waals surface area (Å²) in [4.78, 5) is 23.7. The molecule has 0 bridgehead atoms. The molecule has 27 heavy (non-hydrogen) atoms. The number of anilines is 2. The van der Waals surface area contributed by atoms with E-state index in [1.165, 1.54) is 19.1 Å². The van der Waals surface area contributed by atoms with Crippen molar-refractivity contribution >= 4 is 23.3 Å². The smallest absolute Gasteiger partial charge is 0.256 e. The van der Waals surface area contributed by atoms with E-state index in [2.05, 4.69) is 15.7 Å². The van der Waals surface area contributed by atoms with Crippen molar-refractivity contribution < 1.29 is 14.0 Å². The second kappa shape index (κ2) is 7.82. The number of nitrogens with one attached hydrogen (secondary N) is 2. The highest BCUT2D eigenvalue weighted by Gasteiger charge is 2.13. The number of carbonyl (C=O) groups excluding carboxylic acids is 2. The van der Waals surface area contributed by atoms with Crippen molar-refractivity contribution in [1.29, 1.82) is 0 Å². The first-order valence-corrected chi connectivity index (χ1v) is 8.38. The van der Waals surface area contributed by atoms with Crippen LogP contribution in [0.5, 0.6) is 0 Å². The minimum absolute atomic E-state index is 0.0385. The van der Waals surface area contributed by atoms with E-state index in [-0.39, 0.29) is 11.3 Å². The van der Waals surface area contributed by atoms with Gasteiger partial charge in [0.1, 0.15) is 11.6 Å². The number of nitrogens with zero attached hydrogens (tertiary/aromatic N) is 2. The number of halogens is 1. The van der Waals surface area contributed by atoms with Crippen molar-refractivity contribution in [3.63, 3.8) is 0 Å². The second-order valence-corrected chi connectivity index (χ2v) is 6.19. The summed E-state index contributed by atoms with van der Waals surface area (Å²) in [5, 5.41) is 9.38. The summed E-state index contributed by atoms with van der Waals surface area (Å²) >= 11 is 0. The lowest BCUT2D eigenvalue weighted by Crippen LogP contribution is -2.17. The van der Waals surface area contributed by atoms with Gasteiger partial charge in [0.15, 0.2) is 0 Å². The van der Waals surface area contributed by atoms with Crippen molar-refractivity contribution in [2.45, 2.75) is 20.4 Å². The average molecular weight is 366 g/mol. The van der Waals surface area contributed by atoms with E-state index in [1.54, 1.807) is 16.9 Å². The number of rotatable bonds is 5. The van der Waals surface area contributed by atoms with Crippen molar-refractivity contribution in [2.24, 2.45) is 0 Å². The average Bonchev–Trinajstić information content (AvgIpc) is 3.03. The van der Waals surface area contributed by atoms with E-state index in [1.807, 2.05) is 31.2 Å². The van der Waals surface area contributed by atoms with E-state index >= 15 is 0 Å². The summed E-state index contributed by atoms with van der Waals surface area (Å²) in [6.45, 7) is 3.79. The van der Waals surface area contributed by atoms with Gasteiger partial charge < -0.3 is 10.6 Å². The number of aryl methyl sites for hydroxylation is 1. The molecule has 1 aromatic heterocycles. The number of carbonyl (C=O) groups is 2. The molecule has 3 rings (SSSR count). The second-order valence-electron chi connectivity index (χ2n) is 6.19. The molecule has 2 amide bonds. The molecular formula is C20H19FN4O2. The summed E-state index contributed by atoms with van der Waals surface area (Å²) in [5.74, 6) is -0.923. The molecule has 0 saturated heterocycles. The number of benzene rings is 2. The number of hydrogen-bond donors (Lipinski definition) is 2. The minimum Gasteiger partial charge on any atom is -0.324 e. The molecule has 0 aliphatic carbocycles. The Hall–Kier alpha value is -3.48. The third kappa shape index (κ3) is 4.58. The van der Waals surface area contributed by atoms with Crippen LogP contribution in [0.25, 0.3) is 0 Å². The summed E-state index contributed by atoms with van der Waals surface area (Å²) in [6, 6.07) is 13.5. The number of amides is 2. The Kier molecular flexibility index (Phi) is 5.30. The molecule has 138 valence electrons. The topological polar surface area (TPSA) is 76.0 Å². The fourth-order valence-electron chi connectivity index (χ4n) is 2.69. The fourth-order valence-corrected chi connectivity index (χ4v) is 2.69. The maximum Gasteiger partial charge on any atom is 0.256 e. The molecule has 7 heteroatoms. The van der Waals surface area contributed by atoms with Gasteiger partial charge in [-0.15, -0.1) is 0 Å². The van der Waals surface area contributed by atoms with Gasteiger partial charge in [0.2, 0.25) is 5.91 Å². The Bertz CT molecular complexity index is 997. The lowest BCUT2D eigenvalue weighted by molar-refractivity contribution is -0.114. The molecule has 0 unspecified atom stereocenters. The van der Waals surface area contributed by atoms with Crippen LogP contribution in [0.3, 0.4) is 0 Å². The molecule has 0 fully saturated rings. The quantitative estimate of drug-likeness (QED) is 0.724. The van der Waals surface area contributed by atoms with Crippen LogP contribution in [0, 0.1) is 12.7 Å². The number of aromatic nitrogens is 2. The van der Waals surface area contributed by atoms with Gasteiger partial charge in [-0.25, -0.2) is 9.07 Å². The molecule has 2 aromatic carbocycles. The van der Waals surface area contributed by atoms with E-state index in [0.29, 0.717) is 12.4 Å². The summed E-state index contributed by atoms with van der Waals surface area (Å²) in [7, 11) is 0. The zero-order valence-electron chi connectivity index (χ0n) is 15.0. The van der Waals surface area contributed by atoms with Crippen molar-refractivity contribution in [3.05, 3.63) is 77.2 Å². The van der Waals surface area contributed by atoms with Crippen LogP contribution in [-0.2, 0) is 11.3 Å². The third-order valence-electron chi connectivity index (χ3n) is 3.91. The van der Waals surface area contributed by atoms with Gasteiger partial charge >= 0.3 is 0 Å². The fraction of sp³-hybridized carbons (Fsp3) is 0.150. The first kappa shape index (κ1) is 18.3. The third-order valence-corrected chi connectivity index (χ3v) is 3.91. The van der Waals surface area contributed by atoms with Gasteiger partial charge in [-0.1, -0.05) is 29.8 Å². The van der Waals surface area contributed by atoms with Gasteiger partial charge in [0.25, 0.3) is 5.91 Å². The highest BCUT2D eigenvalue weighted by molar-refractivity contribution is 6.04. The van der Waals surface area contributed by atoms with Crippen LogP contribution in [0.15, 0.2) is 54.7 Å². The van der Waals surface area contributed by atoms with Gasteiger partial charge in [-0.3, -0.25) is 9.59 Å². The molecule has 3 aromatic rings. The van der Waals surface area contributed by atoms with E-state index in [9.17, 15) is 14.0 Å². The highest BCUT2D eigenvalue weighted by Crippen LogP contribution is 2.18. The Morgan fingerprint density at radius 3 is 2.67 bits per heavy atom. The van der Waals surface area contributed by atoms with Crippen LogP contribution in [0.4, 0.5) is 15.9 Å². The molecule has 0 aliphatic rings. The van der Waals surface area contributed by atoms with Crippen molar-refractivity contribution in [2.75, 3.05) is 10.6 Å². The van der Waals surface area contributed by atoms with E-state index in [4.69, 9.17) is 0 Å². The molecule has 1 heterocycles. The maximum absolute atomic E-state index is 13.7. The Morgan fingerprint density at radius 1 is 1.11 bits per heavy atom. The Labute approximate surface area is 156 Å². The Morgan fingerprint density at radius 2 is 1.93 bits per heavy atom. The zero-order valence-corrected chi connectivity index (χ0v) is 15.0. The van der Waals surface area contributed by atoms with Gasteiger partial charge in [0.05, 0.1) is 18.4 Å². The van der Waals surface area contributed by atoms with E-state index < -0.39 is 17.6 Å². The minimum atomic E-state index is -0.605. The van der Waals surface area contributed by atoms with Crippen LogP contribution in [0.2, 0.25) is 0 Å². The molecular weight excluding hydrogens is 347 g/mol. The van der Waals surface area contributed by atoms with Crippen molar-refractivity contribution in [3.8, 4) is 0 Å².